The fraction of sp³-hybridized carbons (Fsp3) is 0.269. The Balaban J connectivity index is 0.00000380. The minimum atomic E-state index is -3.71. The molecule has 0 atom stereocenters. The molecule has 4 rings (SSSR count). The van der Waals surface area contributed by atoms with Crippen LogP contribution in [0.1, 0.15) is 5.56 Å². The first kappa shape index (κ1) is 29.6. The molecule has 0 unspecified atom stereocenters. The van der Waals surface area contributed by atoms with Gasteiger partial charge < -0.3 is 40.0 Å². The maximum atomic E-state index is 12.9. The number of nitrogens with one attached hydrogen (secondary N) is 1. The van der Waals surface area contributed by atoms with Crippen LogP contribution in [0.4, 0.5) is 22.7 Å². The maximum Gasteiger partial charge on any atom is 0.261 e. The summed E-state index contributed by atoms with van der Waals surface area (Å²) in [6.45, 7) is 3.34. The molecular formula is C26H29AuN5O2S3-2. The Hall–Kier alpha value is -1.92. The Morgan fingerprint density at radius 3 is 2.03 bits per heavy atom. The number of sulfonamides is 1. The van der Waals surface area contributed by atoms with Gasteiger partial charge in [-0.3, -0.25) is 9.71 Å². The number of hydrogen-bond acceptors (Lipinski definition) is 8. The van der Waals surface area contributed by atoms with E-state index < -0.39 is 10.0 Å². The van der Waals surface area contributed by atoms with Gasteiger partial charge in [0.15, 0.2) is 0 Å². The molecule has 37 heavy (non-hydrogen) atoms. The molecule has 201 valence electrons. The Morgan fingerprint density at radius 1 is 0.892 bits per heavy atom. The van der Waals surface area contributed by atoms with E-state index in [1.165, 1.54) is 0 Å². The average Bonchev–Trinajstić information content (AvgIpc) is 2.88. The normalized spacial score (nSPS) is 14.6. The molecule has 1 saturated heterocycles. The molecule has 0 saturated carbocycles. The van der Waals surface area contributed by atoms with Crippen molar-refractivity contribution in [3.8, 4) is 0 Å². The second-order valence-electron chi connectivity index (χ2n) is 8.72. The van der Waals surface area contributed by atoms with Gasteiger partial charge in [0.05, 0.1) is 10.6 Å². The summed E-state index contributed by atoms with van der Waals surface area (Å²) in [6.07, 6.45) is 1.72. The summed E-state index contributed by atoms with van der Waals surface area (Å²) in [6, 6.07) is 21.9. The summed E-state index contributed by atoms with van der Waals surface area (Å²) in [7, 11) is 0.269. The Bertz CT molecular complexity index is 1280. The van der Waals surface area contributed by atoms with Crippen LogP contribution >= 0.6 is 0 Å². The van der Waals surface area contributed by atoms with E-state index in [1.54, 1.807) is 42.6 Å². The number of piperazine rings is 1. The third-order valence-corrected chi connectivity index (χ3v) is 8.01. The molecule has 1 aliphatic heterocycles. The van der Waals surface area contributed by atoms with Gasteiger partial charge in [-0.2, -0.15) is 0 Å². The Kier molecular flexibility index (Phi) is 10.6. The van der Waals surface area contributed by atoms with E-state index in [1.807, 2.05) is 55.4 Å². The van der Waals surface area contributed by atoms with Crippen molar-refractivity contribution >= 4 is 64.2 Å². The van der Waals surface area contributed by atoms with Gasteiger partial charge in [0.2, 0.25) is 0 Å². The van der Waals surface area contributed by atoms with Gasteiger partial charge in [-0.15, -0.1) is 0 Å². The second-order valence-corrected chi connectivity index (χ2v) is 11.6. The number of nitrogens with zero attached hydrogens (tertiary/aromatic N) is 4. The van der Waals surface area contributed by atoms with Crippen LogP contribution in [0.25, 0.3) is 0 Å². The van der Waals surface area contributed by atoms with Gasteiger partial charge >= 0.3 is 0 Å². The predicted octanol–water partition coefficient (Wildman–Crippen LogP) is 3.80. The molecule has 3 aromatic rings. The fourth-order valence-corrected chi connectivity index (χ4v) is 5.34. The largest absolute Gasteiger partial charge is 0.800 e. The molecule has 1 fully saturated rings. The van der Waals surface area contributed by atoms with Gasteiger partial charge in [0.25, 0.3) is 10.0 Å². The van der Waals surface area contributed by atoms with Gasteiger partial charge in [-0.25, -0.2) is 13.1 Å². The molecule has 1 radical (unpaired) electrons. The molecule has 3 aromatic carbocycles. The Morgan fingerprint density at radius 2 is 1.49 bits per heavy atom. The van der Waals surface area contributed by atoms with Crippen molar-refractivity contribution in [2.24, 2.45) is 4.99 Å². The zero-order chi connectivity index (χ0) is 25.7. The number of aliphatic imine (C=N–C) groups is 1. The summed E-state index contributed by atoms with van der Waals surface area (Å²) in [5, 5.41) is 0. The third-order valence-electron chi connectivity index (χ3n) is 6.02. The molecule has 0 spiro atoms. The van der Waals surface area contributed by atoms with Crippen molar-refractivity contribution in [2.45, 2.75) is 9.60 Å². The fourth-order valence-electron chi connectivity index (χ4n) is 3.86. The number of benzene rings is 3. The second kappa shape index (κ2) is 13.2. The van der Waals surface area contributed by atoms with Crippen LogP contribution in [0.5, 0.6) is 0 Å². The molecule has 0 aromatic heterocycles. The van der Waals surface area contributed by atoms with Crippen molar-refractivity contribution in [3.05, 3.63) is 78.4 Å². The van der Waals surface area contributed by atoms with Crippen molar-refractivity contribution < 1.29 is 30.8 Å². The van der Waals surface area contributed by atoms with Gasteiger partial charge in [-0.1, -0.05) is 12.1 Å². The summed E-state index contributed by atoms with van der Waals surface area (Å²) < 4.78 is 28.1. The van der Waals surface area contributed by atoms with Crippen LogP contribution in [0.15, 0.2) is 82.7 Å². The third kappa shape index (κ3) is 8.03. The van der Waals surface area contributed by atoms with Crippen LogP contribution in [-0.2, 0) is 57.7 Å². The topological polar surface area (TPSA) is 68.2 Å². The van der Waals surface area contributed by atoms with Gasteiger partial charge in [0.1, 0.15) is 0 Å². The Labute approximate surface area is 246 Å². The van der Waals surface area contributed by atoms with E-state index in [0.29, 0.717) is 5.69 Å². The van der Waals surface area contributed by atoms with Crippen molar-refractivity contribution in [2.75, 3.05) is 54.8 Å². The molecule has 1 heterocycles. The summed E-state index contributed by atoms with van der Waals surface area (Å²) in [4.78, 5) is 11.0. The van der Waals surface area contributed by atoms with Crippen molar-refractivity contribution in [3.63, 3.8) is 0 Å². The van der Waals surface area contributed by atoms with E-state index in [2.05, 4.69) is 19.5 Å². The zero-order valence-corrected chi connectivity index (χ0v) is 25.2. The monoisotopic (exact) mass is 736 g/mol. The first-order chi connectivity index (χ1) is 17.2. The molecular weight excluding hydrogens is 707 g/mol. The van der Waals surface area contributed by atoms with E-state index in [-0.39, 0.29) is 32.0 Å². The first-order valence-electron chi connectivity index (χ1n) is 11.6. The minimum absolute atomic E-state index is 0. The van der Waals surface area contributed by atoms with Crippen LogP contribution in [-0.4, -0.2) is 64.5 Å². The summed E-state index contributed by atoms with van der Waals surface area (Å²) >= 11 is 10.3. The molecule has 1 aliphatic rings. The van der Waals surface area contributed by atoms with Crippen LogP contribution in [0.2, 0.25) is 0 Å². The van der Waals surface area contributed by atoms with E-state index >= 15 is 0 Å². The smallest absolute Gasteiger partial charge is 0.261 e. The predicted molar refractivity (Wildman–Crippen MR) is 154 cm³/mol. The van der Waals surface area contributed by atoms with Gasteiger partial charge in [0, 0.05) is 85.9 Å². The van der Waals surface area contributed by atoms with Crippen molar-refractivity contribution in [1.29, 1.82) is 0 Å². The molecule has 7 nitrogen and oxygen atoms in total. The zero-order valence-electron chi connectivity index (χ0n) is 20.5. The first-order valence-corrected chi connectivity index (χ1v) is 14.0. The number of rotatable bonds is 8. The minimum Gasteiger partial charge on any atom is -0.800 e. The average molecular weight is 737 g/mol. The quantitative estimate of drug-likeness (QED) is 0.215. The van der Waals surface area contributed by atoms with E-state index in [0.717, 1.165) is 48.8 Å². The standard InChI is InChI=1S/C26H31N5O2S3.Au/c1-29(2)23-9-5-21(6-10-23)27-19-20-3-13-25(14-4-20)36(32,33)28-22-7-11-24(12-8-22)30-15-17-31(18-16-30)26(34)35;/h3-14,19,26,28,34-35H,15-18H2,1-2H3;/p-2. The summed E-state index contributed by atoms with van der Waals surface area (Å²) in [5.74, 6) is 0. The number of anilines is 3. The van der Waals surface area contributed by atoms with Crippen LogP contribution in [0, 0.1) is 0 Å². The molecule has 0 bridgehead atoms. The number of hydrogen-bond donors (Lipinski definition) is 1. The molecule has 11 heteroatoms. The van der Waals surface area contributed by atoms with Crippen molar-refractivity contribution in [1.82, 2.24) is 4.90 Å². The van der Waals surface area contributed by atoms with E-state index in [9.17, 15) is 8.42 Å². The maximum absolute atomic E-state index is 12.9. The molecule has 0 amide bonds. The molecule has 1 N–H and O–H groups in total. The summed E-state index contributed by atoms with van der Waals surface area (Å²) in [5.41, 5.74) is 4.30. The van der Waals surface area contributed by atoms with E-state index in [4.69, 9.17) is 25.3 Å². The molecule has 0 aliphatic carbocycles. The van der Waals surface area contributed by atoms with Gasteiger partial charge in [-0.05, 0) is 66.2 Å². The van der Waals surface area contributed by atoms with Crippen LogP contribution < -0.4 is 14.5 Å². The van der Waals surface area contributed by atoms with Crippen LogP contribution in [0.3, 0.4) is 0 Å². The SMILES string of the molecule is CN(C)c1ccc(N=Cc2ccc(S(=O)(=O)Nc3ccc(N4CCN(C([S-])[S-])CC4)cc3)cc2)cc1.[Au].